The largest absolute Gasteiger partial charge is 0.214 e. The third-order valence-corrected chi connectivity index (χ3v) is 8.29. The zero-order valence-corrected chi connectivity index (χ0v) is 22.8. The molecule has 0 unspecified atom stereocenters. The second-order valence-corrected chi connectivity index (χ2v) is 10.8. The van der Waals surface area contributed by atoms with Gasteiger partial charge in [0.1, 0.15) is 13.1 Å². The van der Waals surface area contributed by atoms with Gasteiger partial charge in [-0.25, -0.2) is 0 Å². The van der Waals surface area contributed by atoms with E-state index in [9.17, 15) is 0 Å². The Morgan fingerprint density at radius 2 is 0.875 bits per heavy atom. The Balaban J connectivity index is 1.39. The molecule has 2 aliphatic heterocycles. The number of benzene rings is 3. The number of hydrogen-bond donors (Lipinski definition) is 0. The van der Waals surface area contributed by atoms with Crippen molar-refractivity contribution in [3.63, 3.8) is 0 Å². The molecule has 40 heavy (non-hydrogen) atoms. The molecule has 2 nitrogen and oxygen atoms in total. The van der Waals surface area contributed by atoms with Crippen LogP contribution in [0.3, 0.4) is 0 Å². The van der Waals surface area contributed by atoms with Gasteiger partial charge in [0.25, 0.3) is 0 Å². The first-order chi connectivity index (χ1) is 19.8. The summed E-state index contributed by atoms with van der Waals surface area (Å²) < 4.78 is 5.08. The van der Waals surface area contributed by atoms with Crippen molar-refractivity contribution in [1.82, 2.24) is 0 Å². The highest BCUT2D eigenvalue weighted by Crippen LogP contribution is 2.39. The highest BCUT2D eigenvalue weighted by atomic mass is 15.0. The summed E-state index contributed by atoms with van der Waals surface area (Å²) in [6.07, 6.45) is 13.5. The summed E-state index contributed by atoms with van der Waals surface area (Å²) >= 11 is 0. The molecule has 2 heteroatoms. The van der Waals surface area contributed by atoms with E-state index in [2.05, 4.69) is 143 Å². The van der Waals surface area contributed by atoms with Crippen molar-refractivity contribution in [3.8, 4) is 22.5 Å². The minimum Gasteiger partial charge on any atom is -0.192 e. The van der Waals surface area contributed by atoms with Crippen molar-refractivity contribution in [2.75, 3.05) is 0 Å². The molecule has 2 aliphatic rings. The Morgan fingerprint density at radius 1 is 0.425 bits per heavy atom. The molecule has 194 valence electrons. The van der Waals surface area contributed by atoms with E-state index in [1.165, 1.54) is 56.2 Å². The number of aryl methyl sites for hydroxylation is 2. The van der Waals surface area contributed by atoms with Gasteiger partial charge in [0.05, 0.1) is 11.1 Å². The molecule has 0 saturated heterocycles. The normalized spacial score (nSPS) is 14.2. The van der Waals surface area contributed by atoms with Crippen LogP contribution < -0.4 is 9.13 Å². The minimum absolute atomic E-state index is 1.02. The van der Waals surface area contributed by atoms with E-state index in [0.29, 0.717) is 0 Å². The quantitative estimate of drug-likeness (QED) is 0.214. The molecule has 0 saturated carbocycles. The van der Waals surface area contributed by atoms with Crippen LogP contribution in [0.4, 0.5) is 0 Å². The van der Waals surface area contributed by atoms with Crippen LogP contribution in [-0.4, -0.2) is 0 Å². The molecular weight excluding hydrogens is 484 g/mol. The molecule has 7 rings (SSSR count). The van der Waals surface area contributed by atoms with Crippen LogP contribution in [0.25, 0.3) is 46.8 Å². The highest BCUT2D eigenvalue weighted by molar-refractivity contribution is 5.84. The zero-order chi connectivity index (χ0) is 26.7. The lowest BCUT2D eigenvalue weighted by Crippen LogP contribution is -2.40. The Hall–Kier alpha value is -4.56. The maximum absolute atomic E-state index is 2.54. The lowest BCUT2D eigenvalue weighted by molar-refractivity contribution is -0.689. The van der Waals surface area contributed by atoms with Gasteiger partial charge >= 0.3 is 0 Å². The lowest BCUT2D eigenvalue weighted by Gasteiger charge is -2.14. The van der Waals surface area contributed by atoms with E-state index < -0.39 is 0 Å². The monoisotopic (exact) mass is 518 g/mol. The van der Waals surface area contributed by atoms with Crippen molar-refractivity contribution in [2.45, 2.75) is 38.8 Å². The van der Waals surface area contributed by atoms with Crippen LogP contribution in [0.5, 0.6) is 0 Å². The van der Waals surface area contributed by atoms with Gasteiger partial charge < -0.3 is 0 Å². The molecule has 0 aliphatic carbocycles. The Kier molecular flexibility index (Phi) is 6.67. The van der Waals surface area contributed by atoms with Crippen molar-refractivity contribution >= 4 is 24.3 Å². The number of fused-ring (bicyclic) bond motifs is 7. The van der Waals surface area contributed by atoms with Crippen LogP contribution in [0.2, 0.25) is 0 Å². The van der Waals surface area contributed by atoms with Crippen LogP contribution in [0.1, 0.15) is 46.5 Å². The summed E-state index contributed by atoms with van der Waals surface area (Å²) in [6, 6.07) is 39.6. The maximum Gasteiger partial charge on any atom is 0.214 e. The smallest absolute Gasteiger partial charge is 0.192 e. The molecular formula is C38H34N2+2. The first kappa shape index (κ1) is 24.5. The lowest BCUT2D eigenvalue weighted by atomic mass is 9.88. The summed E-state index contributed by atoms with van der Waals surface area (Å²) in [4.78, 5) is 0. The van der Waals surface area contributed by atoms with Crippen LogP contribution in [-0.2, 0) is 25.9 Å². The van der Waals surface area contributed by atoms with Crippen LogP contribution >= 0.6 is 0 Å². The SMILES string of the molecule is C(=Cc1cccc2[n+]1CCCc1ccc3c(c1-2)-c1cccc(C=Cc2ccccc2)[n+]1CCC3)c1ccccc1. The highest BCUT2D eigenvalue weighted by Gasteiger charge is 2.32. The molecule has 0 radical (unpaired) electrons. The number of rotatable bonds is 4. The average Bonchev–Trinajstić information content (AvgIpc) is 3.32. The van der Waals surface area contributed by atoms with Crippen molar-refractivity contribution in [2.24, 2.45) is 0 Å². The molecule has 0 fully saturated rings. The molecule has 4 heterocycles. The first-order valence-electron chi connectivity index (χ1n) is 14.5. The van der Waals surface area contributed by atoms with Crippen molar-refractivity contribution in [3.05, 3.63) is 143 Å². The van der Waals surface area contributed by atoms with Crippen molar-refractivity contribution in [1.29, 1.82) is 0 Å². The van der Waals surface area contributed by atoms with Gasteiger partial charge in [0.2, 0.25) is 22.8 Å². The van der Waals surface area contributed by atoms with Gasteiger partial charge in [-0.2, -0.15) is 9.13 Å². The fourth-order valence-electron chi connectivity index (χ4n) is 6.38. The molecule has 2 aromatic heterocycles. The zero-order valence-electron chi connectivity index (χ0n) is 22.8. The summed E-state index contributed by atoms with van der Waals surface area (Å²) in [5, 5.41) is 0. The maximum atomic E-state index is 2.54. The molecule has 0 atom stereocenters. The third kappa shape index (κ3) is 4.71. The van der Waals surface area contributed by atoms with E-state index in [-0.39, 0.29) is 0 Å². The molecule has 0 N–H and O–H groups in total. The van der Waals surface area contributed by atoms with Gasteiger partial charge in [-0.3, -0.25) is 0 Å². The minimum atomic E-state index is 1.02. The predicted octanol–water partition coefficient (Wildman–Crippen LogP) is 7.83. The van der Waals surface area contributed by atoms with Crippen LogP contribution in [0, 0.1) is 0 Å². The van der Waals surface area contributed by atoms with E-state index in [4.69, 9.17) is 0 Å². The van der Waals surface area contributed by atoms with E-state index in [0.717, 1.165) is 38.8 Å². The summed E-state index contributed by atoms with van der Waals surface area (Å²) in [6.45, 7) is 2.04. The van der Waals surface area contributed by atoms with Gasteiger partial charge in [-0.05, 0) is 59.4 Å². The van der Waals surface area contributed by atoms with E-state index >= 15 is 0 Å². The van der Waals surface area contributed by atoms with Gasteiger partial charge in [0.15, 0.2) is 0 Å². The number of aromatic nitrogens is 2. The molecule has 0 bridgehead atoms. The molecule has 3 aromatic carbocycles. The van der Waals surface area contributed by atoms with Gasteiger partial charge in [0, 0.05) is 49.3 Å². The topological polar surface area (TPSA) is 7.76 Å². The Morgan fingerprint density at radius 3 is 1.32 bits per heavy atom. The summed E-state index contributed by atoms with van der Waals surface area (Å²) in [5.41, 5.74) is 13.4. The standard InChI is InChI=1S/C38H34N2/c1-3-11-29(12-4-1)21-25-33-17-7-19-35-37-31(15-9-27-39(33)35)23-24-32-16-10-28-40-34(18-8-20-36(40)38(32)37)26-22-30-13-5-2-6-14-30/h1-8,11-14,17-26H,9-10,15-16,27-28H2/q+2. The first-order valence-corrected chi connectivity index (χ1v) is 14.5. The third-order valence-electron chi connectivity index (χ3n) is 8.29. The molecule has 0 spiro atoms. The number of pyridine rings is 2. The summed E-state index contributed by atoms with van der Waals surface area (Å²) in [7, 11) is 0. The fraction of sp³-hybridized carbons (Fsp3) is 0.158. The van der Waals surface area contributed by atoms with Gasteiger partial charge in [-0.1, -0.05) is 72.8 Å². The van der Waals surface area contributed by atoms with E-state index in [1.54, 1.807) is 0 Å². The van der Waals surface area contributed by atoms with Crippen LogP contribution in [0.15, 0.2) is 109 Å². The predicted molar refractivity (Wildman–Crippen MR) is 165 cm³/mol. The molecule has 5 aromatic rings. The second-order valence-electron chi connectivity index (χ2n) is 10.8. The number of nitrogens with zero attached hydrogens (tertiary/aromatic N) is 2. The second kappa shape index (κ2) is 10.9. The number of hydrogen-bond acceptors (Lipinski definition) is 0. The molecule has 0 amide bonds. The van der Waals surface area contributed by atoms with Gasteiger partial charge in [-0.15, -0.1) is 0 Å². The van der Waals surface area contributed by atoms with Crippen molar-refractivity contribution < 1.29 is 9.13 Å². The Labute approximate surface area is 237 Å². The fourth-order valence-corrected chi connectivity index (χ4v) is 6.38. The Bertz CT molecular complexity index is 1600. The van der Waals surface area contributed by atoms with E-state index in [1.807, 2.05) is 0 Å². The summed E-state index contributed by atoms with van der Waals surface area (Å²) in [5.74, 6) is 0. The average molecular weight is 519 g/mol.